The summed E-state index contributed by atoms with van der Waals surface area (Å²) in [6.07, 6.45) is -1.29. The van der Waals surface area contributed by atoms with Gasteiger partial charge in [-0.3, -0.25) is 4.79 Å². The number of rotatable bonds is 15. The average molecular weight is 602 g/mol. The smallest absolute Gasteiger partial charge is 0.468 e. The van der Waals surface area contributed by atoms with Crippen molar-refractivity contribution in [2.24, 2.45) is 17.6 Å². The summed E-state index contributed by atoms with van der Waals surface area (Å²) >= 11 is 0. The molecule has 0 radical (unpaired) electrons. The van der Waals surface area contributed by atoms with E-state index in [1.165, 1.54) is 19.2 Å². The van der Waals surface area contributed by atoms with E-state index in [-0.39, 0.29) is 49.4 Å². The van der Waals surface area contributed by atoms with Crippen LogP contribution in [0.2, 0.25) is 0 Å². The Morgan fingerprint density at radius 2 is 1.37 bits per heavy atom. The number of ether oxygens (including phenoxy) is 6. The Morgan fingerprint density at radius 1 is 0.814 bits per heavy atom. The van der Waals surface area contributed by atoms with Gasteiger partial charge in [-0.25, -0.2) is 14.4 Å². The minimum atomic E-state index is -1.63. The van der Waals surface area contributed by atoms with Crippen LogP contribution in [0.25, 0.3) is 0 Å². The summed E-state index contributed by atoms with van der Waals surface area (Å²) in [4.78, 5) is 50.2. The molecule has 4 atom stereocenters. The lowest BCUT2D eigenvalue weighted by atomic mass is 9.86. The molecule has 236 valence electrons. The van der Waals surface area contributed by atoms with Crippen LogP contribution in [0.4, 0.5) is 9.59 Å². The van der Waals surface area contributed by atoms with Crippen LogP contribution >= 0.6 is 0 Å². The zero-order valence-corrected chi connectivity index (χ0v) is 25.8. The molecule has 0 aliphatic carbocycles. The van der Waals surface area contributed by atoms with E-state index in [2.05, 4.69) is 0 Å². The zero-order chi connectivity index (χ0) is 32.0. The lowest BCUT2D eigenvalue weighted by Crippen LogP contribution is -2.53. The fourth-order valence-corrected chi connectivity index (χ4v) is 3.90. The molecule has 2 aromatic rings. The van der Waals surface area contributed by atoms with Gasteiger partial charge in [-0.15, -0.1) is 0 Å². The molecular formula is C32H43NO10. The van der Waals surface area contributed by atoms with Crippen molar-refractivity contribution < 1.29 is 47.6 Å². The monoisotopic (exact) mass is 601 g/mol. The number of hydrogen-bond acceptors (Lipinski definition) is 11. The van der Waals surface area contributed by atoms with Crippen LogP contribution < -0.4 is 15.2 Å². The first-order valence-corrected chi connectivity index (χ1v) is 14.4. The predicted molar refractivity (Wildman–Crippen MR) is 158 cm³/mol. The second-order valence-corrected chi connectivity index (χ2v) is 10.7. The van der Waals surface area contributed by atoms with E-state index >= 15 is 0 Å². The first-order chi connectivity index (χ1) is 20.4. The molecule has 2 aromatic carbocycles. The summed E-state index contributed by atoms with van der Waals surface area (Å²) in [5.74, 6) is -1.28. The molecule has 0 aliphatic heterocycles. The molecule has 3 unspecified atom stereocenters. The molecule has 43 heavy (non-hydrogen) atoms. The van der Waals surface area contributed by atoms with Gasteiger partial charge in [0, 0.05) is 12.8 Å². The summed E-state index contributed by atoms with van der Waals surface area (Å²) in [5, 5.41) is 0. The van der Waals surface area contributed by atoms with Crippen LogP contribution in [-0.2, 0) is 30.2 Å². The van der Waals surface area contributed by atoms with Crippen molar-refractivity contribution >= 4 is 24.2 Å². The Kier molecular flexibility index (Phi) is 14.0. The van der Waals surface area contributed by atoms with Gasteiger partial charge in [0.2, 0.25) is 0 Å². The molecule has 11 heteroatoms. The van der Waals surface area contributed by atoms with Gasteiger partial charge in [-0.1, -0.05) is 64.8 Å². The van der Waals surface area contributed by atoms with Crippen molar-refractivity contribution in [3.8, 4) is 11.5 Å². The summed E-state index contributed by atoms with van der Waals surface area (Å²) in [5.41, 5.74) is 5.72. The topological polar surface area (TPSA) is 150 Å². The van der Waals surface area contributed by atoms with Crippen molar-refractivity contribution in [3.05, 3.63) is 59.7 Å². The Labute approximate surface area is 252 Å². The second kappa shape index (κ2) is 17.1. The van der Waals surface area contributed by atoms with Crippen LogP contribution in [0.5, 0.6) is 11.5 Å². The SMILES string of the molecule is CCC(C)COC(=O)Oc1ccc(CC(N)(C[C@H](C)OC(=O)c2ccccc2)C(=O)OC)cc1OC(=O)OCC(C)CC. The molecule has 0 amide bonds. The van der Waals surface area contributed by atoms with Crippen LogP contribution in [0.15, 0.2) is 48.5 Å². The summed E-state index contributed by atoms with van der Waals surface area (Å²) in [6.45, 7) is 9.68. The average Bonchev–Trinajstić information content (AvgIpc) is 2.99. The normalized spacial score (nSPS) is 14.3. The number of carbonyl (C=O) groups is 4. The highest BCUT2D eigenvalue weighted by atomic mass is 16.7. The first kappa shape index (κ1) is 35.1. The molecule has 2 N–H and O–H groups in total. The van der Waals surface area contributed by atoms with Gasteiger partial charge < -0.3 is 34.2 Å². The minimum Gasteiger partial charge on any atom is -0.468 e. The van der Waals surface area contributed by atoms with E-state index in [4.69, 9.17) is 34.2 Å². The molecular weight excluding hydrogens is 558 g/mol. The molecule has 11 nitrogen and oxygen atoms in total. The molecule has 0 aliphatic rings. The maximum absolute atomic E-state index is 12.9. The maximum atomic E-state index is 12.9. The van der Waals surface area contributed by atoms with Gasteiger partial charge in [0.1, 0.15) is 11.6 Å². The van der Waals surface area contributed by atoms with E-state index in [1.54, 1.807) is 43.3 Å². The van der Waals surface area contributed by atoms with E-state index < -0.39 is 35.9 Å². The van der Waals surface area contributed by atoms with Gasteiger partial charge in [0.15, 0.2) is 11.5 Å². The molecule has 2 rings (SSSR count). The van der Waals surface area contributed by atoms with Crippen LogP contribution in [-0.4, -0.2) is 56.2 Å². The Morgan fingerprint density at radius 3 is 1.91 bits per heavy atom. The highest BCUT2D eigenvalue weighted by molar-refractivity contribution is 5.89. The molecule has 0 saturated carbocycles. The third-order valence-corrected chi connectivity index (χ3v) is 6.84. The van der Waals surface area contributed by atoms with E-state index in [0.29, 0.717) is 11.1 Å². The van der Waals surface area contributed by atoms with Gasteiger partial charge in [-0.05, 0) is 48.6 Å². The summed E-state index contributed by atoms with van der Waals surface area (Å²) < 4.78 is 31.6. The summed E-state index contributed by atoms with van der Waals surface area (Å²) in [6, 6.07) is 12.8. The largest absolute Gasteiger partial charge is 0.513 e. The Balaban J connectivity index is 2.28. The Hall–Kier alpha value is -4.12. The second-order valence-electron chi connectivity index (χ2n) is 10.7. The highest BCUT2D eigenvalue weighted by Gasteiger charge is 2.38. The Bertz CT molecular complexity index is 1220. The number of carbonyl (C=O) groups excluding carboxylic acids is 4. The first-order valence-electron chi connectivity index (χ1n) is 14.4. The van der Waals surface area contributed by atoms with Crippen molar-refractivity contribution in [1.82, 2.24) is 0 Å². The van der Waals surface area contributed by atoms with Crippen LogP contribution in [0.1, 0.15) is 69.8 Å². The highest BCUT2D eigenvalue weighted by Crippen LogP contribution is 2.32. The van der Waals surface area contributed by atoms with E-state index in [0.717, 1.165) is 12.8 Å². The molecule has 0 aromatic heterocycles. The van der Waals surface area contributed by atoms with Crippen molar-refractivity contribution in [2.45, 2.75) is 71.9 Å². The third kappa shape index (κ3) is 11.6. The number of esters is 2. The lowest BCUT2D eigenvalue weighted by molar-refractivity contribution is -0.148. The number of nitrogens with two attached hydrogens (primary N) is 1. The standard InChI is InChI=1S/C32H43NO10/c1-7-21(3)19-39-30(36)42-26-15-14-24(16-27(26)43-31(37)40-20-22(4)8-2)18-32(33,29(35)38-6)17-23(5)41-28(34)25-12-10-9-11-13-25/h9-16,21-23H,7-8,17-20,33H2,1-6H3/t21?,22?,23-,32?/m0/s1. The molecule has 0 spiro atoms. The maximum Gasteiger partial charge on any atom is 0.513 e. The predicted octanol–water partition coefficient (Wildman–Crippen LogP) is 5.86. The third-order valence-electron chi connectivity index (χ3n) is 6.84. The van der Waals surface area contributed by atoms with Crippen molar-refractivity contribution in [2.75, 3.05) is 20.3 Å². The van der Waals surface area contributed by atoms with Gasteiger partial charge in [0.05, 0.1) is 25.9 Å². The fourth-order valence-electron chi connectivity index (χ4n) is 3.90. The quantitative estimate of drug-likeness (QED) is 0.149. The van der Waals surface area contributed by atoms with E-state index in [9.17, 15) is 19.2 Å². The lowest BCUT2D eigenvalue weighted by Gasteiger charge is -2.29. The van der Waals surface area contributed by atoms with Gasteiger partial charge in [-0.2, -0.15) is 0 Å². The van der Waals surface area contributed by atoms with E-state index in [1.807, 2.05) is 27.7 Å². The number of hydrogen-bond donors (Lipinski definition) is 1. The van der Waals surface area contributed by atoms with Gasteiger partial charge >= 0.3 is 24.2 Å². The van der Waals surface area contributed by atoms with Crippen LogP contribution in [0, 0.1) is 11.8 Å². The zero-order valence-electron chi connectivity index (χ0n) is 25.8. The van der Waals surface area contributed by atoms with Gasteiger partial charge in [0.25, 0.3) is 0 Å². The minimum absolute atomic E-state index is 0.0778. The number of methoxy groups -OCH3 is 1. The number of benzene rings is 2. The molecule has 0 fully saturated rings. The molecule has 0 bridgehead atoms. The summed E-state index contributed by atoms with van der Waals surface area (Å²) in [7, 11) is 1.20. The molecule has 0 saturated heterocycles. The van der Waals surface area contributed by atoms with Crippen molar-refractivity contribution in [3.63, 3.8) is 0 Å². The molecule has 0 heterocycles. The van der Waals surface area contributed by atoms with Crippen molar-refractivity contribution in [1.29, 1.82) is 0 Å². The fraction of sp³-hybridized carbons (Fsp3) is 0.500. The van der Waals surface area contributed by atoms with Crippen LogP contribution in [0.3, 0.4) is 0 Å².